The van der Waals surface area contributed by atoms with E-state index in [2.05, 4.69) is 10.1 Å². The summed E-state index contributed by atoms with van der Waals surface area (Å²) >= 11 is 0. The lowest BCUT2D eigenvalue weighted by Crippen LogP contribution is -2.61. The Morgan fingerprint density at radius 1 is 0.812 bits per heavy atom. The first-order valence-corrected chi connectivity index (χ1v) is 8.17. The number of alkyl halides is 9. The first-order chi connectivity index (χ1) is 14.1. The molecule has 0 saturated carbocycles. The van der Waals surface area contributed by atoms with E-state index in [1.54, 1.807) is 0 Å². The lowest BCUT2D eigenvalue weighted by Gasteiger charge is -2.32. The van der Waals surface area contributed by atoms with Gasteiger partial charge in [0.1, 0.15) is 11.4 Å². The van der Waals surface area contributed by atoms with Gasteiger partial charge >= 0.3 is 36.1 Å². The molecule has 1 aromatic rings. The van der Waals surface area contributed by atoms with Crippen LogP contribution in [0.1, 0.15) is 20.8 Å². The molecule has 0 atom stereocenters. The van der Waals surface area contributed by atoms with Gasteiger partial charge in [-0.05, 0) is 45.0 Å². The van der Waals surface area contributed by atoms with Crippen LogP contribution in [-0.2, 0) is 4.74 Å². The maximum Gasteiger partial charge on any atom is 0.460 e. The lowest BCUT2D eigenvalue weighted by atomic mass is 10.0. The van der Waals surface area contributed by atoms with E-state index in [1.807, 2.05) is 0 Å². The van der Waals surface area contributed by atoms with Crippen LogP contribution in [0.3, 0.4) is 0 Å². The van der Waals surface area contributed by atoms with Crippen molar-refractivity contribution >= 4 is 11.8 Å². The van der Waals surface area contributed by atoms with Crippen molar-refractivity contribution in [2.75, 3.05) is 5.32 Å². The first-order valence-electron chi connectivity index (χ1n) is 8.17. The Bertz CT molecular complexity index is 856. The number of amides is 1. The van der Waals surface area contributed by atoms with Gasteiger partial charge in [-0.2, -0.15) is 48.3 Å². The van der Waals surface area contributed by atoms with E-state index in [1.165, 1.54) is 20.8 Å². The molecule has 1 aromatic carbocycles. The van der Waals surface area contributed by atoms with Crippen LogP contribution in [0, 0.1) is 0 Å². The van der Waals surface area contributed by atoms with Crippen LogP contribution in [0.5, 0.6) is 5.75 Å². The number of halogens is 11. The Morgan fingerprint density at radius 3 is 1.69 bits per heavy atom. The number of anilines is 1. The standard InChI is InChI=1S/C17H14F11NO3/c1-13(2,3)32-12(30)29-8-4-6-9(7-5-8)31-11(19)10(18)14(20,21)15(22,23)16(24,25)17(26,27)28/h4-7H,1-3H3,(H,29,30). The summed E-state index contributed by atoms with van der Waals surface area (Å²) in [7, 11) is 0. The zero-order valence-electron chi connectivity index (χ0n) is 16.2. The molecular weight excluding hydrogens is 475 g/mol. The fraction of sp³-hybridized carbons (Fsp3) is 0.471. The minimum Gasteiger partial charge on any atom is -0.444 e. The number of carbonyl (C=O) groups excluding carboxylic acids is 1. The third kappa shape index (κ3) is 5.73. The summed E-state index contributed by atoms with van der Waals surface area (Å²) in [6, 6.07) is 0.0464. The van der Waals surface area contributed by atoms with Gasteiger partial charge in [0.15, 0.2) is 0 Å². The molecule has 0 heterocycles. The summed E-state index contributed by atoms with van der Waals surface area (Å²) in [5, 5.41) is 2.17. The molecule has 0 fully saturated rings. The average molecular weight is 489 g/mol. The highest BCUT2D eigenvalue weighted by Gasteiger charge is 2.83. The maximum absolute atomic E-state index is 13.5. The molecular formula is C17H14F11NO3. The summed E-state index contributed by atoms with van der Waals surface area (Å²) in [4.78, 5) is 11.6. The maximum atomic E-state index is 13.5. The Morgan fingerprint density at radius 2 is 1.28 bits per heavy atom. The Hall–Kier alpha value is -2.74. The molecule has 0 aliphatic rings. The molecule has 0 bridgehead atoms. The van der Waals surface area contributed by atoms with Gasteiger partial charge in [0, 0.05) is 5.69 Å². The molecule has 0 spiro atoms. The topological polar surface area (TPSA) is 47.6 Å². The molecule has 1 amide bonds. The van der Waals surface area contributed by atoms with Gasteiger partial charge < -0.3 is 9.47 Å². The van der Waals surface area contributed by atoms with Crippen molar-refractivity contribution < 1.29 is 62.6 Å². The summed E-state index contributed by atoms with van der Waals surface area (Å²) in [6.45, 7) is 4.62. The van der Waals surface area contributed by atoms with Crippen molar-refractivity contribution in [1.29, 1.82) is 0 Å². The number of hydrogen-bond acceptors (Lipinski definition) is 3. The van der Waals surface area contributed by atoms with E-state index in [4.69, 9.17) is 4.74 Å². The summed E-state index contributed by atoms with van der Waals surface area (Å²) in [6.07, 6.45) is -8.15. The van der Waals surface area contributed by atoms with Gasteiger partial charge in [-0.1, -0.05) is 0 Å². The van der Waals surface area contributed by atoms with Gasteiger partial charge in [0.05, 0.1) is 0 Å². The Kier molecular flexibility index (Phi) is 7.38. The fourth-order valence-electron chi connectivity index (χ4n) is 1.81. The molecule has 0 radical (unpaired) electrons. The van der Waals surface area contributed by atoms with E-state index >= 15 is 0 Å². The van der Waals surface area contributed by atoms with Crippen LogP contribution < -0.4 is 10.1 Å². The van der Waals surface area contributed by atoms with Crippen molar-refractivity contribution in [3.05, 3.63) is 36.1 Å². The number of rotatable bonds is 6. The van der Waals surface area contributed by atoms with Crippen LogP contribution in [-0.4, -0.2) is 35.6 Å². The Labute approximate surface area is 173 Å². The van der Waals surface area contributed by atoms with Crippen LogP contribution in [0.4, 0.5) is 58.8 Å². The molecule has 0 saturated heterocycles. The summed E-state index contributed by atoms with van der Waals surface area (Å²) in [5.74, 6) is -26.6. The molecule has 0 unspecified atom stereocenters. The first kappa shape index (κ1) is 27.3. The third-order valence-corrected chi connectivity index (χ3v) is 3.30. The highest BCUT2D eigenvalue weighted by atomic mass is 19.4. The lowest BCUT2D eigenvalue weighted by molar-refractivity contribution is -0.392. The Balaban J connectivity index is 3.07. The average Bonchev–Trinajstić information content (AvgIpc) is 2.59. The molecule has 1 rings (SSSR count). The van der Waals surface area contributed by atoms with Gasteiger partial charge in [0.25, 0.3) is 0 Å². The van der Waals surface area contributed by atoms with E-state index < -0.39 is 53.2 Å². The van der Waals surface area contributed by atoms with E-state index in [9.17, 15) is 53.1 Å². The predicted octanol–water partition coefficient (Wildman–Crippen LogP) is 6.99. The normalized spacial score (nSPS) is 14.6. The zero-order valence-corrected chi connectivity index (χ0v) is 16.2. The van der Waals surface area contributed by atoms with Gasteiger partial charge in [-0.3, -0.25) is 5.32 Å². The van der Waals surface area contributed by atoms with Crippen molar-refractivity contribution in [3.8, 4) is 5.75 Å². The minimum atomic E-state index is -7.41. The second-order valence-corrected chi connectivity index (χ2v) is 7.06. The van der Waals surface area contributed by atoms with Gasteiger partial charge in [0.2, 0.25) is 5.83 Å². The number of allylic oxidation sites excluding steroid dienone is 1. The number of hydrogen-bond donors (Lipinski definition) is 1. The third-order valence-electron chi connectivity index (χ3n) is 3.30. The monoisotopic (exact) mass is 489 g/mol. The van der Waals surface area contributed by atoms with Gasteiger partial charge in [-0.25, -0.2) is 4.79 Å². The minimum absolute atomic E-state index is 0.0434. The van der Waals surface area contributed by atoms with Crippen LogP contribution >= 0.6 is 0 Å². The highest BCUT2D eigenvalue weighted by molar-refractivity contribution is 5.84. The quantitative estimate of drug-likeness (QED) is 0.346. The van der Waals surface area contributed by atoms with Gasteiger partial charge in [-0.15, -0.1) is 0 Å². The molecule has 0 aliphatic carbocycles. The second-order valence-electron chi connectivity index (χ2n) is 7.06. The smallest absolute Gasteiger partial charge is 0.444 e. The molecule has 1 N–H and O–H groups in total. The fourth-order valence-corrected chi connectivity index (χ4v) is 1.81. The van der Waals surface area contributed by atoms with Crippen molar-refractivity contribution in [2.45, 2.75) is 50.3 Å². The zero-order chi connectivity index (χ0) is 25.3. The molecule has 0 aromatic heterocycles. The highest BCUT2D eigenvalue weighted by Crippen LogP contribution is 2.55. The van der Waals surface area contributed by atoms with Crippen molar-refractivity contribution in [3.63, 3.8) is 0 Å². The second kappa shape index (κ2) is 8.65. The number of carbonyl (C=O) groups is 1. The SMILES string of the molecule is CC(C)(C)OC(=O)Nc1ccc(OC(F)=C(F)C(F)(F)C(F)(F)C(F)(F)C(F)(F)F)cc1. The predicted molar refractivity (Wildman–Crippen MR) is 87.1 cm³/mol. The number of benzene rings is 1. The molecule has 15 heteroatoms. The number of nitrogens with one attached hydrogen (secondary N) is 1. The van der Waals surface area contributed by atoms with Crippen molar-refractivity contribution in [2.24, 2.45) is 0 Å². The molecule has 182 valence electrons. The summed E-state index contributed by atoms with van der Waals surface area (Å²) < 4.78 is 150. The summed E-state index contributed by atoms with van der Waals surface area (Å²) in [5.41, 5.74) is -0.924. The van der Waals surface area contributed by atoms with Crippen molar-refractivity contribution in [1.82, 2.24) is 0 Å². The van der Waals surface area contributed by atoms with E-state index in [0.717, 1.165) is 12.1 Å². The molecule has 32 heavy (non-hydrogen) atoms. The number of ether oxygens (including phenoxy) is 2. The van der Waals surface area contributed by atoms with E-state index in [-0.39, 0.29) is 5.69 Å². The largest absolute Gasteiger partial charge is 0.460 e. The van der Waals surface area contributed by atoms with Crippen LogP contribution in [0.15, 0.2) is 36.1 Å². The molecule has 0 aliphatic heterocycles. The van der Waals surface area contributed by atoms with Crippen LogP contribution in [0.25, 0.3) is 0 Å². The van der Waals surface area contributed by atoms with E-state index in [0.29, 0.717) is 12.1 Å². The molecule has 4 nitrogen and oxygen atoms in total. The van der Waals surface area contributed by atoms with Crippen LogP contribution in [0.2, 0.25) is 0 Å².